The second kappa shape index (κ2) is 10.1. The van der Waals surface area contributed by atoms with E-state index in [4.69, 9.17) is 20.8 Å². The molecular formula is C26H27ClN4O4S. The summed E-state index contributed by atoms with van der Waals surface area (Å²) in [5.74, 6) is 0.899. The lowest BCUT2D eigenvalue weighted by Gasteiger charge is -2.32. The summed E-state index contributed by atoms with van der Waals surface area (Å²) in [4.78, 5) is 36.2. The highest BCUT2D eigenvalue weighted by molar-refractivity contribution is 7.07. The summed E-state index contributed by atoms with van der Waals surface area (Å²) in [6, 6.07) is 10.3. The largest absolute Gasteiger partial charge is 0.463 e. The Bertz CT molecular complexity index is 1490. The summed E-state index contributed by atoms with van der Waals surface area (Å²) in [7, 11) is 2.11. The second-order valence-electron chi connectivity index (χ2n) is 8.82. The van der Waals surface area contributed by atoms with Crippen molar-refractivity contribution < 1.29 is 13.9 Å². The van der Waals surface area contributed by atoms with Crippen LogP contribution in [-0.2, 0) is 9.53 Å². The molecule has 4 heterocycles. The van der Waals surface area contributed by atoms with Gasteiger partial charge in [-0.15, -0.1) is 0 Å². The Morgan fingerprint density at radius 1 is 1.19 bits per heavy atom. The van der Waals surface area contributed by atoms with Crippen molar-refractivity contribution in [2.75, 3.05) is 44.7 Å². The van der Waals surface area contributed by atoms with Gasteiger partial charge in [0.1, 0.15) is 5.76 Å². The minimum atomic E-state index is -0.669. The Balaban J connectivity index is 1.58. The minimum absolute atomic E-state index is 0.224. The maximum atomic E-state index is 13.7. The average Bonchev–Trinajstić information content (AvgIpc) is 3.44. The van der Waals surface area contributed by atoms with Crippen LogP contribution in [0.25, 0.3) is 6.08 Å². The lowest BCUT2D eigenvalue weighted by molar-refractivity contribution is -0.139. The van der Waals surface area contributed by atoms with Crippen LogP contribution in [0.15, 0.2) is 61.9 Å². The van der Waals surface area contributed by atoms with E-state index in [9.17, 15) is 9.59 Å². The van der Waals surface area contributed by atoms with Crippen LogP contribution >= 0.6 is 22.9 Å². The Hall–Kier alpha value is -3.14. The van der Waals surface area contributed by atoms with Crippen molar-refractivity contribution in [1.29, 1.82) is 0 Å². The van der Waals surface area contributed by atoms with Gasteiger partial charge in [0, 0.05) is 43.3 Å². The SMILES string of the molecule is CCOC(=O)C1=C(C)N=c2sc(=Cc3ccc(N4CCN(C)CC4)o3)c(=O)n2[C@H]1c1ccc(Cl)cc1. The number of allylic oxidation sites excluding steroid dienone is 1. The topological polar surface area (TPSA) is 80.3 Å². The standard InChI is InChI=1S/C26H27ClN4O4S/c1-4-34-25(33)22-16(2)28-26-31(23(22)17-5-7-18(27)8-6-17)24(32)20(36-26)15-19-9-10-21(35-19)30-13-11-29(3)12-14-30/h5-10,15,23H,4,11-14H2,1-3H3/t23-/m0/s1. The molecule has 3 aromatic rings. The highest BCUT2D eigenvalue weighted by atomic mass is 35.5. The normalized spacial score (nSPS) is 18.8. The predicted octanol–water partition coefficient (Wildman–Crippen LogP) is 2.80. The molecule has 1 atom stereocenters. The van der Waals surface area contributed by atoms with Crippen LogP contribution in [-0.4, -0.2) is 55.3 Å². The number of furan rings is 1. The molecule has 5 rings (SSSR count). The molecule has 0 N–H and O–H groups in total. The number of carbonyl (C=O) groups excluding carboxylic acids is 1. The molecule has 2 aliphatic rings. The van der Waals surface area contributed by atoms with E-state index in [0.717, 1.165) is 37.6 Å². The smallest absolute Gasteiger partial charge is 0.338 e. The zero-order valence-electron chi connectivity index (χ0n) is 20.4. The van der Waals surface area contributed by atoms with E-state index in [0.29, 0.717) is 31.4 Å². The summed E-state index contributed by atoms with van der Waals surface area (Å²) in [6.07, 6.45) is 1.74. The molecule has 188 valence electrons. The van der Waals surface area contributed by atoms with Gasteiger partial charge in [-0.2, -0.15) is 0 Å². The molecule has 10 heteroatoms. The summed E-state index contributed by atoms with van der Waals surface area (Å²) < 4.78 is 13.4. The van der Waals surface area contributed by atoms with Gasteiger partial charge >= 0.3 is 5.97 Å². The third kappa shape index (κ3) is 4.66. The van der Waals surface area contributed by atoms with Gasteiger partial charge in [-0.1, -0.05) is 35.1 Å². The van der Waals surface area contributed by atoms with E-state index in [1.807, 2.05) is 24.3 Å². The van der Waals surface area contributed by atoms with Gasteiger partial charge in [-0.25, -0.2) is 9.79 Å². The molecule has 36 heavy (non-hydrogen) atoms. The average molecular weight is 527 g/mol. The zero-order valence-corrected chi connectivity index (χ0v) is 21.9. The molecule has 1 fully saturated rings. The third-order valence-electron chi connectivity index (χ3n) is 6.40. The Morgan fingerprint density at radius 3 is 2.61 bits per heavy atom. The third-order valence-corrected chi connectivity index (χ3v) is 7.64. The molecule has 0 spiro atoms. The number of likely N-dealkylation sites (N-methyl/N-ethyl adjacent to an activating group) is 1. The van der Waals surface area contributed by atoms with Gasteiger partial charge in [-0.3, -0.25) is 9.36 Å². The predicted molar refractivity (Wildman–Crippen MR) is 140 cm³/mol. The van der Waals surface area contributed by atoms with E-state index >= 15 is 0 Å². The summed E-state index contributed by atoms with van der Waals surface area (Å²) in [6.45, 7) is 7.47. The fourth-order valence-electron chi connectivity index (χ4n) is 4.50. The molecule has 1 aromatic carbocycles. The molecular weight excluding hydrogens is 500 g/mol. The maximum absolute atomic E-state index is 13.7. The van der Waals surface area contributed by atoms with Crippen molar-refractivity contribution in [3.05, 3.63) is 83.7 Å². The number of rotatable bonds is 5. The molecule has 0 amide bonds. The molecule has 2 aromatic heterocycles. The lowest BCUT2D eigenvalue weighted by atomic mass is 9.96. The number of anilines is 1. The number of esters is 1. The molecule has 2 aliphatic heterocycles. The van der Waals surface area contributed by atoms with E-state index in [-0.39, 0.29) is 12.2 Å². The molecule has 0 aliphatic carbocycles. The van der Waals surface area contributed by atoms with Crippen molar-refractivity contribution in [2.24, 2.45) is 4.99 Å². The first-order chi connectivity index (χ1) is 17.4. The number of nitrogens with zero attached hydrogens (tertiary/aromatic N) is 4. The van der Waals surface area contributed by atoms with Crippen LogP contribution in [0.5, 0.6) is 0 Å². The van der Waals surface area contributed by atoms with Gasteiger partial charge in [0.2, 0.25) is 0 Å². The number of ether oxygens (including phenoxy) is 1. The highest BCUT2D eigenvalue weighted by Gasteiger charge is 2.33. The van der Waals surface area contributed by atoms with Gasteiger partial charge in [0.15, 0.2) is 10.7 Å². The fourth-order valence-corrected chi connectivity index (χ4v) is 5.65. The zero-order chi connectivity index (χ0) is 25.4. The fraction of sp³-hybridized carbons (Fsp3) is 0.346. The van der Waals surface area contributed by atoms with E-state index in [1.165, 1.54) is 11.3 Å². The van der Waals surface area contributed by atoms with Crippen LogP contribution in [0.1, 0.15) is 31.2 Å². The number of aromatic nitrogens is 1. The number of hydrogen-bond acceptors (Lipinski definition) is 8. The van der Waals surface area contributed by atoms with E-state index < -0.39 is 12.0 Å². The number of piperazine rings is 1. The number of fused-ring (bicyclic) bond motifs is 1. The van der Waals surface area contributed by atoms with Crippen LogP contribution in [0.4, 0.5) is 5.88 Å². The first-order valence-corrected chi connectivity index (χ1v) is 13.0. The lowest BCUT2D eigenvalue weighted by Crippen LogP contribution is -2.44. The number of halogens is 1. The van der Waals surface area contributed by atoms with Crippen LogP contribution in [0, 0.1) is 0 Å². The number of benzene rings is 1. The van der Waals surface area contributed by atoms with E-state index in [1.54, 1.807) is 36.6 Å². The molecule has 0 saturated carbocycles. The van der Waals surface area contributed by atoms with Crippen molar-refractivity contribution in [3.8, 4) is 0 Å². The molecule has 8 nitrogen and oxygen atoms in total. The Morgan fingerprint density at radius 2 is 1.92 bits per heavy atom. The first-order valence-electron chi connectivity index (χ1n) is 11.8. The summed E-state index contributed by atoms with van der Waals surface area (Å²) in [5.41, 5.74) is 1.37. The van der Waals surface area contributed by atoms with Gasteiger partial charge in [-0.05, 0) is 44.7 Å². The van der Waals surface area contributed by atoms with E-state index in [2.05, 4.69) is 21.8 Å². The highest BCUT2D eigenvalue weighted by Crippen LogP contribution is 2.31. The van der Waals surface area contributed by atoms with Crippen molar-refractivity contribution in [3.63, 3.8) is 0 Å². The maximum Gasteiger partial charge on any atom is 0.338 e. The molecule has 0 bridgehead atoms. The Labute approximate surface area is 217 Å². The molecule has 0 unspecified atom stereocenters. The van der Waals surface area contributed by atoms with Crippen molar-refractivity contribution in [2.45, 2.75) is 19.9 Å². The number of hydrogen-bond donors (Lipinski definition) is 0. The minimum Gasteiger partial charge on any atom is -0.463 e. The van der Waals surface area contributed by atoms with Crippen molar-refractivity contribution in [1.82, 2.24) is 9.47 Å². The molecule has 1 saturated heterocycles. The number of thiazole rings is 1. The second-order valence-corrected chi connectivity index (χ2v) is 10.3. The van der Waals surface area contributed by atoms with Gasteiger partial charge < -0.3 is 19.0 Å². The monoisotopic (exact) mass is 526 g/mol. The van der Waals surface area contributed by atoms with Crippen LogP contribution in [0.3, 0.4) is 0 Å². The van der Waals surface area contributed by atoms with Crippen LogP contribution < -0.4 is 19.8 Å². The van der Waals surface area contributed by atoms with Gasteiger partial charge in [0.05, 0.1) is 28.5 Å². The first kappa shape index (κ1) is 24.5. The quantitative estimate of drug-likeness (QED) is 0.476. The van der Waals surface area contributed by atoms with Crippen LogP contribution in [0.2, 0.25) is 5.02 Å². The molecule has 0 radical (unpaired) electrons. The van der Waals surface area contributed by atoms with Crippen molar-refractivity contribution >= 4 is 40.9 Å². The Kier molecular flexibility index (Phi) is 6.87. The van der Waals surface area contributed by atoms with Gasteiger partial charge in [0.25, 0.3) is 5.56 Å². The summed E-state index contributed by atoms with van der Waals surface area (Å²) in [5, 5.41) is 0.568. The summed E-state index contributed by atoms with van der Waals surface area (Å²) >= 11 is 7.38. The number of carbonyl (C=O) groups is 1.